The number of hydrogen-bond acceptors (Lipinski definition) is 4. The Kier molecular flexibility index (Phi) is 3.50. The molecule has 27 heavy (non-hydrogen) atoms. The van der Waals surface area contributed by atoms with E-state index in [9.17, 15) is 0 Å². The molecular formula is C20H17N7. The van der Waals surface area contributed by atoms with Gasteiger partial charge in [0.25, 0.3) is 0 Å². The number of nitrogens with zero attached hydrogens (tertiary/aromatic N) is 4. The highest BCUT2D eigenvalue weighted by Crippen LogP contribution is 2.28. The summed E-state index contributed by atoms with van der Waals surface area (Å²) in [7, 11) is 0. The van der Waals surface area contributed by atoms with Crippen LogP contribution in [-0.2, 0) is 0 Å². The van der Waals surface area contributed by atoms with Gasteiger partial charge in [0.05, 0.1) is 23.1 Å². The second kappa shape index (κ2) is 6.14. The minimum Gasteiger partial charge on any atom is -0.339 e. The third kappa shape index (κ3) is 2.75. The van der Waals surface area contributed by atoms with Crippen molar-refractivity contribution in [1.82, 2.24) is 30.2 Å². The van der Waals surface area contributed by atoms with Crippen molar-refractivity contribution in [3.05, 3.63) is 72.7 Å². The van der Waals surface area contributed by atoms with Gasteiger partial charge in [0.2, 0.25) is 0 Å². The Hall–Kier alpha value is -3.87. The molecule has 0 radical (unpaired) electrons. The van der Waals surface area contributed by atoms with E-state index in [4.69, 9.17) is 0 Å². The molecule has 3 aromatic heterocycles. The van der Waals surface area contributed by atoms with E-state index >= 15 is 0 Å². The van der Waals surface area contributed by atoms with Gasteiger partial charge in [0, 0.05) is 29.5 Å². The molecule has 3 heterocycles. The van der Waals surface area contributed by atoms with E-state index < -0.39 is 0 Å². The number of nitrogens with one attached hydrogen (secondary N) is 3. The summed E-state index contributed by atoms with van der Waals surface area (Å²) in [6.07, 6.45) is 5.53. The van der Waals surface area contributed by atoms with Crippen LogP contribution in [0.3, 0.4) is 0 Å². The second-order valence-corrected chi connectivity index (χ2v) is 6.36. The molecule has 0 aliphatic carbocycles. The Balaban J connectivity index is 1.40. The van der Waals surface area contributed by atoms with Gasteiger partial charge in [0.15, 0.2) is 5.82 Å². The van der Waals surface area contributed by atoms with Gasteiger partial charge < -0.3 is 5.32 Å². The van der Waals surface area contributed by atoms with Crippen molar-refractivity contribution in [1.29, 1.82) is 0 Å². The van der Waals surface area contributed by atoms with Crippen molar-refractivity contribution in [2.45, 2.75) is 6.92 Å². The van der Waals surface area contributed by atoms with Crippen LogP contribution in [0.1, 0.15) is 5.56 Å². The molecule has 2 aromatic carbocycles. The van der Waals surface area contributed by atoms with E-state index in [1.54, 1.807) is 6.20 Å². The van der Waals surface area contributed by atoms with Gasteiger partial charge in [-0.15, -0.1) is 0 Å². The first-order chi connectivity index (χ1) is 13.3. The maximum Gasteiger partial charge on any atom is 0.152 e. The van der Waals surface area contributed by atoms with Crippen LogP contribution in [0.4, 0.5) is 11.5 Å². The molecule has 0 saturated heterocycles. The van der Waals surface area contributed by atoms with Crippen LogP contribution in [0.25, 0.3) is 27.8 Å². The maximum absolute atomic E-state index is 4.39. The predicted molar refractivity (Wildman–Crippen MR) is 105 cm³/mol. The molecular weight excluding hydrogens is 338 g/mol. The van der Waals surface area contributed by atoms with Gasteiger partial charge in [-0.3, -0.25) is 10.2 Å². The van der Waals surface area contributed by atoms with Crippen LogP contribution in [0, 0.1) is 6.92 Å². The summed E-state index contributed by atoms with van der Waals surface area (Å²) in [6, 6.07) is 16.1. The number of hydrogen-bond donors (Lipinski definition) is 3. The summed E-state index contributed by atoms with van der Waals surface area (Å²) >= 11 is 0. The van der Waals surface area contributed by atoms with Crippen LogP contribution in [0.5, 0.6) is 0 Å². The largest absolute Gasteiger partial charge is 0.339 e. The SMILES string of the molecule is Cc1c(Nc2cc(-c3ccc(-n4cccn4)cc3)[nH]n2)ccc2[nH]ncc12. The third-order valence-corrected chi connectivity index (χ3v) is 4.68. The van der Waals surface area contributed by atoms with Crippen LogP contribution < -0.4 is 5.32 Å². The molecule has 5 rings (SSSR count). The molecule has 0 saturated carbocycles. The molecule has 3 N–H and O–H groups in total. The summed E-state index contributed by atoms with van der Waals surface area (Å²) in [5.41, 5.74) is 6.20. The van der Waals surface area contributed by atoms with Crippen LogP contribution in [0.15, 0.2) is 67.1 Å². The van der Waals surface area contributed by atoms with E-state index in [0.29, 0.717) is 0 Å². The van der Waals surface area contributed by atoms with Crippen molar-refractivity contribution >= 4 is 22.4 Å². The van der Waals surface area contributed by atoms with Crippen LogP contribution in [-0.4, -0.2) is 30.2 Å². The Morgan fingerprint density at radius 1 is 1.04 bits per heavy atom. The fourth-order valence-corrected chi connectivity index (χ4v) is 3.18. The number of benzene rings is 2. The molecule has 0 bridgehead atoms. The van der Waals surface area contributed by atoms with Gasteiger partial charge in [-0.1, -0.05) is 12.1 Å². The molecule has 7 nitrogen and oxygen atoms in total. The maximum atomic E-state index is 4.39. The minimum atomic E-state index is 0.770. The molecule has 0 unspecified atom stereocenters. The van der Waals surface area contributed by atoms with E-state index in [1.807, 2.05) is 53.5 Å². The van der Waals surface area contributed by atoms with Gasteiger partial charge in [-0.2, -0.15) is 15.3 Å². The zero-order valence-electron chi connectivity index (χ0n) is 14.6. The van der Waals surface area contributed by atoms with Crippen molar-refractivity contribution in [2.24, 2.45) is 0 Å². The number of anilines is 2. The summed E-state index contributed by atoms with van der Waals surface area (Å²) in [5.74, 6) is 0.770. The van der Waals surface area contributed by atoms with Crippen LogP contribution in [0.2, 0.25) is 0 Å². The zero-order valence-corrected chi connectivity index (χ0v) is 14.6. The first kappa shape index (κ1) is 15.4. The molecule has 0 amide bonds. The van der Waals surface area contributed by atoms with E-state index in [2.05, 4.69) is 49.9 Å². The highest BCUT2D eigenvalue weighted by Gasteiger charge is 2.08. The first-order valence-electron chi connectivity index (χ1n) is 8.63. The lowest BCUT2D eigenvalue weighted by Gasteiger charge is -2.07. The predicted octanol–water partition coefficient (Wildman–Crippen LogP) is 4.19. The minimum absolute atomic E-state index is 0.770. The smallest absolute Gasteiger partial charge is 0.152 e. The number of aromatic amines is 2. The Morgan fingerprint density at radius 2 is 1.93 bits per heavy atom. The Bertz CT molecular complexity index is 1200. The van der Waals surface area contributed by atoms with Crippen molar-refractivity contribution in [3.63, 3.8) is 0 Å². The summed E-state index contributed by atoms with van der Waals surface area (Å²) in [6.45, 7) is 2.07. The molecule has 0 spiro atoms. The average Bonchev–Trinajstić information content (AvgIpc) is 3.46. The molecule has 0 atom stereocenters. The lowest BCUT2D eigenvalue weighted by atomic mass is 10.1. The Labute approximate surface area is 155 Å². The molecule has 132 valence electrons. The van der Waals surface area contributed by atoms with Gasteiger partial charge in [0.1, 0.15) is 0 Å². The zero-order chi connectivity index (χ0) is 18.2. The number of H-pyrrole nitrogens is 2. The van der Waals surface area contributed by atoms with Gasteiger partial charge in [-0.25, -0.2) is 4.68 Å². The van der Waals surface area contributed by atoms with Crippen molar-refractivity contribution in [3.8, 4) is 16.9 Å². The fraction of sp³-hybridized carbons (Fsp3) is 0.0500. The topological polar surface area (TPSA) is 87.2 Å². The number of aryl methyl sites for hydroxylation is 1. The standard InChI is InChI=1S/C20H17N7/c1-13-16-12-21-24-18(16)8-7-17(13)23-20-11-19(25-26-20)14-3-5-15(6-4-14)27-10-2-9-22-27/h2-12H,1H3,(H,21,24)(H2,23,25,26). The number of aromatic nitrogens is 6. The van der Waals surface area contributed by atoms with Crippen molar-refractivity contribution < 1.29 is 0 Å². The van der Waals surface area contributed by atoms with Crippen LogP contribution >= 0.6 is 0 Å². The molecule has 0 aliphatic heterocycles. The summed E-state index contributed by atoms with van der Waals surface area (Å²) < 4.78 is 1.83. The first-order valence-corrected chi connectivity index (χ1v) is 8.63. The molecule has 0 aliphatic rings. The van der Waals surface area contributed by atoms with E-state index in [-0.39, 0.29) is 0 Å². The third-order valence-electron chi connectivity index (χ3n) is 4.68. The number of rotatable bonds is 4. The second-order valence-electron chi connectivity index (χ2n) is 6.36. The number of fused-ring (bicyclic) bond motifs is 1. The summed E-state index contributed by atoms with van der Waals surface area (Å²) in [4.78, 5) is 0. The monoisotopic (exact) mass is 355 g/mol. The normalized spacial score (nSPS) is 11.1. The lowest BCUT2D eigenvalue weighted by molar-refractivity contribution is 0.880. The van der Waals surface area contributed by atoms with E-state index in [1.165, 1.54) is 0 Å². The van der Waals surface area contributed by atoms with Gasteiger partial charge >= 0.3 is 0 Å². The highest BCUT2D eigenvalue weighted by atomic mass is 15.3. The van der Waals surface area contributed by atoms with Crippen molar-refractivity contribution in [2.75, 3.05) is 5.32 Å². The quantitative estimate of drug-likeness (QED) is 0.451. The average molecular weight is 355 g/mol. The molecule has 0 fully saturated rings. The lowest BCUT2D eigenvalue weighted by Crippen LogP contribution is -1.93. The fourth-order valence-electron chi connectivity index (χ4n) is 3.18. The van der Waals surface area contributed by atoms with E-state index in [0.717, 1.165) is 44.9 Å². The summed E-state index contributed by atoms with van der Waals surface area (Å²) in [5, 5.41) is 23.3. The highest BCUT2D eigenvalue weighted by molar-refractivity contribution is 5.87. The Morgan fingerprint density at radius 3 is 2.74 bits per heavy atom. The molecule has 5 aromatic rings. The molecule has 7 heteroatoms. The van der Waals surface area contributed by atoms with Gasteiger partial charge in [-0.05, 0) is 48.4 Å².